The fraction of sp³-hybridized carbons (Fsp3) is 0.161. The third kappa shape index (κ3) is 4.48. The van der Waals surface area contributed by atoms with Crippen LogP contribution in [0.15, 0.2) is 66.7 Å². The van der Waals surface area contributed by atoms with Crippen LogP contribution >= 0.6 is 11.3 Å². The van der Waals surface area contributed by atoms with Gasteiger partial charge in [0.15, 0.2) is 0 Å². The Bertz CT molecular complexity index is 1750. The lowest BCUT2D eigenvalue weighted by Gasteiger charge is -2.23. The molecule has 1 aliphatic rings. The minimum absolute atomic E-state index is 0.184. The number of carbonyl (C=O) groups is 2. The number of anilines is 2. The van der Waals surface area contributed by atoms with Gasteiger partial charge >= 0.3 is 0 Å². The highest BCUT2D eigenvalue weighted by Crippen LogP contribution is 2.42. The molecule has 2 amide bonds. The Morgan fingerprint density at radius 1 is 1.02 bits per heavy atom. The molecule has 0 saturated heterocycles. The summed E-state index contributed by atoms with van der Waals surface area (Å²) in [7, 11) is 0. The van der Waals surface area contributed by atoms with E-state index in [0.717, 1.165) is 38.6 Å². The maximum Gasteiger partial charge on any atom is 0.276 e. The third-order valence-corrected chi connectivity index (χ3v) is 8.34. The van der Waals surface area contributed by atoms with Gasteiger partial charge in [-0.1, -0.05) is 36.4 Å². The lowest BCUT2D eigenvalue weighted by Crippen LogP contribution is -2.33. The van der Waals surface area contributed by atoms with Crippen molar-refractivity contribution < 1.29 is 14.0 Å². The number of pyridine rings is 1. The maximum absolute atomic E-state index is 14.3. The predicted molar refractivity (Wildman–Crippen MR) is 156 cm³/mol. The predicted octanol–water partition coefficient (Wildman–Crippen LogP) is 6.72. The molecule has 6 rings (SSSR count). The van der Waals surface area contributed by atoms with Crippen molar-refractivity contribution in [2.24, 2.45) is 0 Å². The quantitative estimate of drug-likeness (QED) is 0.259. The van der Waals surface area contributed by atoms with E-state index in [-0.39, 0.29) is 17.5 Å². The van der Waals surface area contributed by atoms with Crippen molar-refractivity contribution in [3.8, 4) is 21.7 Å². The van der Waals surface area contributed by atoms with Crippen LogP contribution in [0, 0.1) is 26.6 Å². The molecule has 0 unspecified atom stereocenters. The van der Waals surface area contributed by atoms with Crippen molar-refractivity contribution in [2.75, 3.05) is 16.8 Å². The van der Waals surface area contributed by atoms with Gasteiger partial charge in [0.1, 0.15) is 11.5 Å². The number of nitrogens with zero attached hydrogens (tertiary/aromatic N) is 3. The van der Waals surface area contributed by atoms with Crippen LogP contribution in [-0.2, 0) is 6.42 Å². The van der Waals surface area contributed by atoms with Gasteiger partial charge in [-0.2, -0.15) is 5.10 Å². The highest BCUT2D eigenvalue weighted by molar-refractivity contribution is 7.17. The monoisotopic (exact) mass is 551 g/mol. The molecule has 2 aromatic carbocycles. The molecule has 2 N–H and O–H groups in total. The highest BCUT2D eigenvalue weighted by atomic mass is 32.1. The van der Waals surface area contributed by atoms with Gasteiger partial charge in [-0.25, -0.2) is 9.37 Å². The first-order chi connectivity index (χ1) is 19.3. The summed E-state index contributed by atoms with van der Waals surface area (Å²) >= 11 is 1.35. The summed E-state index contributed by atoms with van der Waals surface area (Å²) in [6, 6.07) is 19.7. The average Bonchev–Trinajstić information content (AvgIpc) is 3.49. The molecule has 4 heterocycles. The lowest BCUT2D eigenvalue weighted by molar-refractivity contribution is 0.0981. The van der Waals surface area contributed by atoms with E-state index >= 15 is 0 Å². The van der Waals surface area contributed by atoms with Crippen LogP contribution in [0.5, 0.6) is 0 Å². The van der Waals surface area contributed by atoms with E-state index in [1.807, 2.05) is 56.3 Å². The number of benzene rings is 2. The van der Waals surface area contributed by atoms with Crippen LogP contribution in [0.1, 0.15) is 42.7 Å². The molecule has 7 nitrogen and oxygen atoms in total. The SMILES string of the molecule is Cc1cccc(F)c1NC(=O)c1cc2c(s1)-c1ccccc1N(C(=O)c1cccc(-c3c(C)n[nH]c3C)n1)CC2. The van der Waals surface area contributed by atoms with Crippen molar-refractivity contribution in [3.05, 3.63) is 106 Å². The van der Waals surface area contributed by atoms with Gasteiger partial charge in [0.05, 0.1) is 27.6 Å². The van der Waals surface area contributed by atoms with Gasteiger partial charge in [-0.05, 0) is 68.7 Å². The minimum atomic E-state index is -0.471. The number of nitrogens with one attached hydrogen (secondary N) is 2. The number of hydrogen-bond acceptors (Lipinski definition) is 5. The molecule has 5 aromatic rings. The summed E-state index contributed by atoms with van der Waals surface area (Å²) in [5.74, 6) is -1.03. The second-order valence-electron chi connectivity index (χ2n) is 9.79. The van der Waals surface area contributed by atoms with Crippen molar-refractivity contribution in [3.63, 3.8) is 0 Å². The number of amides is 2. The van der Waals surface area contributed by atoms with E-state index < -0.39 is 5.82 Å². The lowest BCUT2D eigenvalue weighted by atomic mass is 10.1. The maximum atomic E-state index is 14.3. The zero-order valence-electron chi connectivity index (χ0n) is 22.2. The zero-order chi connectivity index (χ0) is 28.0. The Hall–Kier alpha value is -4.63. The van der Waals surface area contributed by atoms with E-state index in [2.05, 4.69) is 15.5 Å². The van der Waals surface area contributed by atoms with Crippen molar-refractivity contribution in [1.29, 1.82) is 0 Å². The molecule has 0 fully saturated rings. The van der Waals surface area contributed by atoms with Gasteiger partial charge in [0, 0.05) is 28.2 Å². The number of hydrogen-bond donors (Lipinski definition) is 2. The van der Waals surface area contributed by atoms with E-state index in [1.54, 1.807) is 30.0 Å². The number of carbonyl (C=O) groups excluding carboxylic acids is 2. The molecule has 1 aliphatic heterocycles. The van der Waals surface area contributed by atoms with E-state index in [1.165, 1.54) is 17.4 Å². The normalized spacial score (nSPS) is 12.4. The molecule has 0 atom stereocenters. The van der Waals surface area contributed by atoms with Crippen LogP contribution in [0.4, 0.5) is 15.8 Å². The third-order valence-electron chi connectivity index (χ3n) is 7.14. The highest BCUT2D eigenvalue weighted by Gasteiger charge is 2.28. The molecule has 0 aliphatic carbocycles. The van der Waals surface area contributed by atoms with Crippen LogP contribution in [0.2, 0.25) is 0 Å². The smallest absolute Gasteiger partial charge is 0.276 e. The molecule has 0 spiro atoms. The van der Waals surface area contributed by atoms with E-state index in [0.29, 0.717) is 34.8 Å². The number of aryl methyl sites for hydroxylation is 3. The van der Waals surface area contributed by atoms with Crippen molar-refractivity contribution >= 4 is 34.5 Å². The number of aromatic amines is 1. The number of fused-ring (bicyclic) bond motifs is 3. The first kappa shape index (κ1) is 25.6. The number of rotatable bonds is 4. The Balaban J connectivity index is 1.33. The number of halogens is 1. The number of H-pyrrole nitrogens is 1. The molecule has 0 radical (unpaired) electrons. The Labute approximate surface area is 234 Å². The summed E-state index contributed by atoms with van der Waals surface area (Å²) in [5, 5.41) is 9.97. The average molecular weight is 552 g/mol. The fourth-order valence-corrected chi connectivity index (χ4v) is 6.28. The summed E-state index contributed by atoms with van der Waals surface area (Å²) in [6.45, 7) is 6.01. The second-order valence-corrected chi connectivity index (χ2v) is 10.8. The van der Waals surface area contributed by atoms with Crippen LogP contribution < -0.4 is 10.2 Å². The van der Waals surface area contributed by atoms with Gasteiger partial charge in [-0.15, -0.1) is 11.3 Å². The van der Waals surface area contributed by atoms with Gasteiger partial charge in [0.25, 0.3) is 11.8 Å². The van der Waals surface area contributed by atoms with Crippen LogP contribution in [0.25, 0.3) is 21.7 Å². The Morgan fingerprint density at radius 2 is 1.82 bits per heavy atom. The summed E-state index contributed by atoms with van der Waals surface area (Å²) in [4.78, 5) is 34.9. The largest absolute Gasteiger partial charge is 0.319 e. The van der Waals surface area contributed by atoms with Crippen molar-refractivity contribution in [1.82, 2.24) is 15.2 Å². The number of thiophene rings is 1. The number of para-hydroxylation sites is 2. The molecular weight excluding hydrogens is 525 g/mol. The minimum Gasteiger partial charge on any atom is -0.319 e. The Kier molecular flexibility index (Phi) is 6.51. The fourth-order valence-electron chi connectivity index (χ4n) is 5.14. The molecule has 200 valence electrons. The molecule has 0 saturated carbocycles. The molecular formula is C31H26FN5O2S. The van der Waals surface area contributed by atoms with Gasteiger partial charge < -0.3 is 10.2 Å². The second kappa shape index (κ2) is 10.2. The molecule has 3 aromatic heterocycles. The van der Waals surface area contributed by atoms with E-state index in [4.69, 9.17) is 4.98 Å². The summed E-state index contributed by atoms with van der Waals surface area (Å²) in [6.07, 6.45) is 0.553. The molecule has 9 heteroatoms. The topological polar surface area (TPSA) is 91.0 Å². The summed E-state index contributed by atoms with van der Waals surface area (Å²) < 4.78 is 14.3. The van der Waals surface area contributed by atoms with Crippen LogP contribution in [-0.4, -0.2) is 33.5 Å². The first-order valence-electron chi connectivity index (χ1n) is 12.9. The molecule has 0 bridgehead atoms. The standard InChI is InChI=1S/C31H26FN5O2S/c1-17-8-6-10-22(32)28(17)34-30(38)26-16-20-14-15-37(25-13-5-4-9-21(25)29(20)40-26)31(39)24-12-7-11-23(33-24)27-18(2)35-36-19(27)3/h4-13,16H,14-15H2,1-3H3,(H,34,38)(H,35,36). The summed E-state index contributed by atoms with van der Waals surface area (Å²) in [5.41, 5.74) is 7.08. The van der Waals surface area contributed by atoms with Crippen LogP contribution in [0.3, 0.4) is 0 Å². The van der Waals surface area contributed by atoms with E-state index in [9.17, 15) is 14.0 Å². The van der Waals surface area contributed by atoms with Gasteiger partial charge in [0.2, 0.25) is 0 Å². The van der Waals surface area contributed by atoms with Gasteiger partial charge in [-0.3, -0.25) is 14.7 Å². The first-order valence-corrected chi connectivity index (χ1v) is 13.7. The number of aromatic nitrogens is 3. The zero-order valence-corrected chi connectivity index (χ0v) is 23.0. The van der Waals surface area contributed by atoms with Crippen molar-refractivity contribution in [2.45, 2.75) is 27.2 Å². The Morgan fingerprint density at radius 3 is 2.60 bits per heavy atom. The molecule has 40 heavy (non-hydrogen) atoms.